The van der Waals surface area contributed by atoms with E-state index in [4.69, 9.17) is 10.2 Å². The van der Waals surface area contributed by atoms with Gasteiger partial charge in [-0.05, 0) is 44.2 Å². The summed E-state index contributed by atoms with van der Waals surface area (Å²) in [6.07, 6.45) is 8.82. The number of likely N-dealkylation sites (tertiary alicyclic amines) is 1. The smallest absolute Gasteiger partial charge is 0.118 e. The van der Waals surface area contributed by atoms with E-state index in [2.05, 4.69) is 11.0 Å². The number of hydrogen-bond acceptors (Lipinski definition) is 3. The SMILES string of the molecule is NCc1coc(CN2CCCC3CCCC32)c1. The highest BCUT2D eigenvalue weighted by molar-refractivity contribution is 5.12. The average molecular weight is 234 g/mol. The van der Waals surface area contributed by atoms with E-state index in [0.717, 1.165) is 29.8 Å². The molecule has 0 bridgehead atoms. The number of furan rings is 1. The molecule has 3 heteroatoms. The zero-order valence-corrected chi connectivity index (χ0v) is 10.4. The Kier molecular flexibility index (Phi) is 3.21. The minimum atomic E-state index is 0.579. The predicted molar refractivity (Wildman–Crippen MR) is 67.4 cm³/mol. The summed E-state index contributed by atoms with van der Waals surface area (Å²) in [4.78, 5) is 2.63. The molecule has 2 atom stereocenters. The molecule has 1 aliphatic carbocycles. The van der Waals surface area contributed by atoms with Crippen LogP contribution in [0.25, 0.3) is 0 Å². The van der Waals surface area contributed by atoms with Crippen LogP contribution >= 0.6 is 0 Å². The number of hydrogen-bond donors (Lipinski definition) is 1. The van der Waals surface area contributed by atoms with Crippen LogP contribution in [0.3, 0.4) is 0 Å². The minimum absolute atomic E-state index is 0.579. The van der Waals surface area contributed by atoms with Gasteiger partial charge < -0.3 is 10.2 Å². The van der Waals surface area contributed by atoms with Crippen molar-refractivity contribution in [2.24, 2.45) is 11.7 Å². The van der Waals surface area contributed by atoms with E-state index in [1.165, 1.54) is 38.6 Å². The Hall–Kier alpha value is -0.800. The monoisotopic (exact) mass is 234 g/mol. The minimum Gasteiger partial charge on any atom is -0.468 e. The first-order valence-corrected chi connectivity index (χ1v) is 6.87. The van der Waals surface area contributed by atoms with Gasteiger partial charge in [0.05, 0.1) is 12.8 Å². The van der Waals surface area contributed by atoms with Crippen LogP contribution in [0.15, 0.2) is 16.7 Å². The van der Waals surface area contributed by atoms with Crippen molar-refractivity contribution in [2.75, 3.05) is 6.54 Å². The topological polar surface area (TPSA) is 42.4 Å². The molecule has 0 amide bonds. The van der Waals surface area contributed by atoms with Crippen molar-refractivity contribution in [3.8, 4) is 0 Å². The summed E-state index contributed by atoms with van der Waals surface area (Å²) >= 11 is 0. The Morgan fingerprint density at radius 3 is 3.00 bits per heavy atom. The molecule has 0 radical (unpaired) electrons. The van der Waals surface area contributed by atoms with Crippen molar-refractivity contribution in [3.05, 3.63) is 23.7 Å². The normalized spacial score (nSPS) is 29.5. The van der Waals surface area contributed by atoms with Gasteiger partial charge in [-0.2, -0.15) is 0 Å². The highest BCUT2D eigenvalue weighted by Gasteiger charge is 2.34. The van der Waals surface area contributed by atoms with Gasteiger partial charge in [0, 0.05) is 18.2 Å². The van der Waals surface area contributed by atoms with Crippen LogP contribution in [0, 0.1) is 5.92 Å². The number of fused-ring (bicyclic) bond motifs is 1. The van der Waals surface area contributed by atoms with E-state index >= 15 is 0 Å². The fourth-order valence-corrected chi connectivity index (χ4v) is 3.57. The number of piperidine rings is 1. The molecule has 2 aliphatic rings. The Bertz CT molecular complexity index is 374. The lowest BCUT2D eigenvalue weighted by molar-refractivity contribution is 0.0979. The lowest BCUT2D eigenvalue weighted by atomic mass is 9.92. The Labute approximate surface area is 103 Å². The molecule has 1 aromatic rings. The molecule has 2 fully saturated rings. The highest BCUT2D eigenvalue weighted by atomic mass is 16.3. The molecule has 2 unspecified atom stereocenters. The quantitative estimate of drug-likeness (QED) is 0.873. The van der Waals surface area contributed by atoms with Crippen molar-refractivity contribution in [1.82, 2.24) is 4.90 Å². The maximum absolute atomic E-state index is 5.61. The standard InChI is InChI=1S/C14H22N2O/c15-8-11-7-13(17-10-11)9-16-6-2-4-12-3-1-5-14(12)16/h7,10,12,14H,1-6,8-9,15H2. The van der Waals surface area contributed by atoms with Crippen LogP contribution in [0.4, 0.5) is 0 Å². The zero-order valence-electron chi connectivity index (χ0n) is 10.4. The van der Waals surface area contributed by atoms with Crippen LogP contribution in [0.1, 0.15) is 43.4 Å². The Morgan fingerprint density at radius 2 is 2.18 bits per heavy atom. The van der Waals surface area contributed by atoms with Gasteiger partial charge in [-0.25, -0.2) is 0 Å². The summed E-state index contributed by atoms with van der Waals surface area (Å²) in [5, 5.41) is 0. The molecule has 2 heterocycles. The highest BCUT2D eigenvalue weighted by Crippen LogP contribution is 2.37. The van der Waals surface area contributed by atoms with Crippen LogP contribution < -0.4 is 5.73 Å². The molecule has 0 aromatic carbocycles. The van der Waals surface area contributed by atoms with Crippen molar-refractivity contribution in [2.45, 2.75) is 51.2 Å². The number of nitrogens with two attached hydrogens (primary N) is 1. The van der Waals surface area contributed by atoms with E-state index in [0.29, 0.717) is 6.54 Å². The van der Waals surface area contributed by atoms with Gasteiger partial charge in [0.25, 0.3) is 0 Å². The third-order valence-electron chi connectivity index (χ3n) is 4.41. The summed E-state index contributed by atoms with van der Waals surface area (Å²) in [6.45, 7) is 2.79. The second-order valence-corrected chi connectivity index (χ2v) is 5.50. The van der Waals surface area contributed by atoms with Gasteiger partial charge in [-0.1, -0.05) is 6.42 Å². The average Bonchev–Trinajstić information content (AvgIpc) is 2.97. The molecule has 1 saturated carbocycles. The third-order valence-corrected chi connectivity index (χ3v) is 4.41. The second kappa shape index (κ2) is 4.83. The first kappa shape index (κ1) is 11.3. The van der Waals surface area contributed by atoms with Crippen molar-refractivity contribution < 1.29 is 4.42 Å². The summed E-state index contributed by atoms with van der Waals surface area (Å²) in [5.41, 5.74) is 6.72. The van der Waals surface area contributed by atoms with Crippen LogP contribution in [-0.2, 0) is 13.1 Å². The molecule has 1 saturated heterocycles. The molecule has 1 aromatic heterocycles. The van der Waals surface area contributed by atoms with Gasteiger partial charge in [-0.15, -0.1) is 0 Å². The lowest BCUT2D eigenvalue weighted by Crippen LogP contribution is -2.41. The van der Waals surface area contributed by atoms with Gasteiger partial charge in [0.1, 0.15) is 5.76 Å². The Morgan fingerprint density at radius 1 is 1.29 bits per heavy atom. The molecule has 1 aliphatic heterocycles. The first-order chi connectivity index (χ1) is 8.36. The molecule has 2 N–H and O–H groups in total. The van der Waals surface area contributed by atoms with E-state index in [-0.39, 0.29) is 0 Å². The first-order valence-electron chi connectivity index (χ1n) is 6.87. The fraction of sp³-hybridized carbons (Fsp3) is 0.714. The van der Waals surface area contributed by atoms with E-state index in [9.17, 15) is 0 Å². The molecule has 0 spiro atoms. The second-order valence-electron chi connectivity index (χ2n) is 5.50. The van der Waals surface area contributed by atoms with Gasteiger partial charge in [0.2, 0.25) is 0 Å². The third kappa shape index (κ3) is 2.26. The molecule has 17 heavy (non-hydrogen) atoms. The van der Waals surface area contributed by atoms with Crippen LogP contribution in [-0.4, -0.2) is 17.5 Å². The van der Waals surface area contributed by atoms with E-state index < -0.39 is 0 Å². The summed E-state index contributed by atoms with van der Waals surface area (Å²) < 4.78 is 5.59. The zero-order chi connectivity index (χ0) is 11.7. The molecular formula is C14H22N2O. The van der Waals surface area contributed by atoms with Crippen LogP contribution in [0.2, 0.25) is 0 Å². The Balaban J connectivity index is 1.67. The van der Waals surface area contributed by atoms with Gasteiger partial charge >= 0.3 is 0 Å². The maximum Gasteiger partial charge on any atom is 0.118 e. The predicted octanol–water partition coefficient (Wildman–Crippen LogP) is 2.50. The fourth-order valence-electron chi connectivity index (χ4n) is 3.57. The number of rotatable bonds is 3. The van der Waals surface area contributed by atoms with E-state index in [1.807, 2.05) is 0 Å². The van der Waals surface area contributed by atoms with Crippen molar-refractivity contribution >= 4 is 0 Å². The van der Waals surface area contributed by atoms with E-state index in [1.54, 1.807) is 6.26 Å². The van der Waals surface area contributed by atoms with Crippen molar-refractivity contribution in [1.29, 1.82) is 0 Å². The maximum atomic E-state index is 5.61. The van der Waals surface area contributed by atoms with Crippen molar-refractivity contribution in [3.63, 3.8) is 0 Å². The van der Waals surface area contributed by atoms with Gasteiger partial charge in [0.15, 0.2) is 0 Å². The molecular weight excluding hydrogens is 212 g/mol. The van der Waals surface area contributed by atoms with Crippen LogP contribution in [0.5, 0.6) is 0 Å². The summed E-state index contributed by atoms with van der Waals surface area (Å²) in [5.74, 6) is 2.03. The summed E-state index contributed by atoms with van der Waals surface area (Å²) in [6, 6.07) is 2.92. The summed E-state index contributed by atoms with van der Waals surface area (Å²) in [7, 11) is 0. The van der Waals surface area contributed by atoms with Gasteiger partial charge in [-0.3, -0.25) is 4.90 Å². The molecule has 94 valence electrons. The lowest BCUT2D eigenvalue weighted by Gasteiger charge is -2.37. The molecule has 3 rings (SSSR count). The molecule has 3 nitrogen and oxygen atoms in total. The largest absolute Gasteiger partial charge is 0.468 e. The number of nitrogens with zero attached hydrogens (tertiary/aromatic N) is 1.